The van der Waals surface area contributed by atoms with Crippen LogP contribution in [0.3, 0.4) is 0 Å². The van der Waals surface area contributed by atoms with E-state index in [0.29, 0.717) is 12.8 Å². The van der Waals surface area contributed by atoms with Crippen LogP contribution in [-0.2, 0) is 4.79 Å². The molecule has 0 saturated heterocycles. The van der Waals surface area contributed by atoms with Crippen LogP contribution in [0.1, 0.15) is 264 Å². The fraction of sp³-hybridized carbons (Fsp3) is 0.939. The van der Waals surface area contributed by atoms with Crippen LogP contribution >= 0.6 is 0 Å². The van der Waals surface area contributed by atoms with E-state index in [9.17, 15) is 25.2 Å². The molecule has 1 amide bonds. The number of aliphatic hydroxyl groups excluding tert-OH is 4. The summed E-state index contributed by atoms with van der Waals surface area (Å²) < 4.78 is 0. The molecule has 5 N–H and O–H groups in total. The Morgan fingerprint density at radius 2 is 0.745 bits per heavy atom. The predicted molar refractivity (Wildman–Crippen MR) is 238 cm³/mol. The van der Waals surface area contributed by atoms with Gasteiger partial charge in [0.25, 0.3) is 0 Å². The molecular formula is C49H97NO5. The molecule has 0 bridgehead atoms. The van der Waals surface area contributed by atoms with Gasteiger partial charge in [0.1, 0.15) is 12.2 Å². The molecule has 0 saturated carbocycles. The molecule has 0 aliphatic heterocycles. The van der Waals surface area contributed by atoms with Crippen LogP contribution in [0.25, 0.3) is 0 Å². The van der Waals surface area contributed by atoms with Crippen LogP contribution in [0, 0.1) is 0 Å². The molecule has 0 rings (SSSR count). The maximum Gasteiger partial charge on any atom is 0.249 e. The molecule has 0 aromatic rings. The minimum Gasteiger partial charge on any atom is -0.394 e. The Morgan fingerprint density at radius 1 is 0.436 bits per heavy atom. The molecule has 0 heterocycles. The summed E-state index contributed by atoms with van der Waals surface area (Å²) in [7, 11) is 0. The van der Waals surface area contributed by atoms with Crippen molar-refractivity contribution in [1.82, 2.24) is 5.32 Å². The number of amides is 1. The van der Waals surface area contributed by atoms with Gasteiger partial charge in [-0.1, -0.05) is 238 Å². The highest BCUT2D eigenvalue weighted by Gasteiger charge is 2.28. The van der Waals surface area contributed by atoms with Crippen molar-refractivity contribution in [3.05, 3.63) is 12.2 Å². The first-order chi connectivity index (χ1) is 27.0. The van der Waals surface area contributed by atoms with E-state index in [1.165, 1.54) is 199 Å². The molecule has 0 aromatic carbocycles. The SMILES string of the molecule is CCCCCCCCCCCCCCCCCCC/C=C/CCCC(O)C(O)C(CO)NC(=O)C(O)CCCCCCCCCCCCCCCCCCC. The standard InChI is InChI=1S/C49H97NO5/c1-3-5-7-9-11-13-15-17-19-21-22-23-24-25-27-28-30-32-34-36-38-40-42-46(52)48(54)45(44-51)50-49(55)47(53)43-41-39-37-35-33-31-29-26-20-18-16-14-12-10-8-6-4-2/h34,36,45-48,51-54H,3-33,35,37-44H2,1-2H3,(H,50,55)/b36-34+. The van der Waals surface area contributed by atoms with E-state index in [-0.39, 0.29) is 0 Å². The van der Waals surface area contributed by atoms with Crippen molar-refractivity contribution >= 4 is 5.91 Å². The molecule has 4 atom stereocenters. The zero-order valence-corrected chi connectivity index (χ0v) is 36.9. The molecule has 55 heavy (non-hydrogen) atoms. The van der Waals surface area contributed by atoms with Gasteiger partial charge >= 0.3 is 0 Å². The Kier molecular flexibility index (Phi) is 43.4. The van der Waals surface area contributed by atoms with Crippen molar-refractivity contribution in [3.63, 3.8) is 0 Å². The zero-order valence-electron chi connectivity index (χ0n) is 36.9. The second-order valence-corrected chi connectivity index (χ2v) is 17.2. The summed E-state index contributed by atoms with van der Waals surface area (Å²) in [5.74, 6) is -0.589. The van der Waals surface area contributed by atoms with Crippen molar-refractivity contribution in [2.45, 2.75) is 289 Å². The van der Waals surface area contributed by atoms with Gasteiger partial charge in [0.15, 0.2) is 0 Å². The topological polar surface area (TPSA) is 110 Å². The lowest BCUT2D eigenvalue weighted by molar-refractivity contribution is -0.132. The third-order valence-corrected chi connectivity index (χ3v) is 11.7. The van der Waals surface area contributed by atoms with Crippen molar-refractivity contribution in [2.75, 3.05) is 6.61 Å². The normalized spacial score (nSPS) is 14.1. The third kappa shape index (κ3) is 38.3. The molecule has 328 valence electrons. The molecule has 0 aromatic heterocycles. The summed E-state index contributed by atoms with van der Waals surface area (Å²) in [4.78, 5) is 12.5. The summed E-state index contributed by atoms with van der Waals surface area (Å²) in [5, 5.41) is 43.8. The number of carbonyl (C=O) groups excluding carboxylic acids is 1. The van der Waals surface area contributed by atoms with E-state index in [4.69, 9.17) is 0 Å². The molecule has 0 spiro atoms. The van der Waals surface area contributed by atoms with E-state index < -0.39 is 36.9 Å². The smallest absolute Gasteiger partial charge is 0.249 e. The van der Waals surface area contributed by atoms with Crippen LogP contribution in [0.2, 0.25) is 0 Å². The maximum absolute atomic E-state index is 12.5. The number of allylic oxidation sites excluding steroid dienone is 2. The Labute approximate surface area is 342 Å². The highest BCUT2D eigenvalue weighted by atomic mass is 16.3. The van der Waals surface area contributed by atoms with Crippen molar-refractivity contribution in [2.24, 2.45) is 0 Å². The Balaban J connectivity index is 3.69. The lowest BCUT2D eigenvalue weighted by Crippen LogP contribution is -2.53. The quantitative estimate of drug-likeness (QED) is 0.0312. The van der Waals surface area contributed by atoms with E-state index in [1.807, 2.05) is 0 Å². The highest BCUT2D eigenvalue weighted by Crippen LogP contribution is 2.17. The van der Waals surface area contributed by atoms with E-state index in [1.54, 1.807) is 0 Å². The summed E-state index contributed by atoms with van der Waals surface area (Å²) in [6, 6.07) is -0.997. The van der Waals surface area contributed by atoms with Gasteiger partial charge in [-0.05, 0) is 38.5 Å². The highest BCUT2D eigenvalue weighted by molar-refractivity contribution is 5.80. The molecule has 4 unspecified atom stereocenters. The van der Waals surface area contributed by atoms with Gasteiger partial charge < -0.3 is 25.7 Å². The molecule has 0 fully saturated rings. The van der Waals surface area contributed by atoms with Crippen LogP contribution in [-0.4, -0.2) is 57.3 Å². The molecule has 6 nitrogen and oxygen atoms in total. The lowest BCUT2D eigenvalue weighted by atomic mass is 10.00. The Morgan fingerprint density at radius 3 is 1.09 bits per heavy atom. The van der Waals surface area contributed by atoms with E-state index in [2.05, 4.69) is 31.3 Å². The van der Waals surface area contributed by atoms with Gasteiger partial charge in [-0.3, -0.25) is 4.79 Å². The first kappa shape index (κ1) is 54.0. The molecule has 0 aliphatic rings. The number of carbonyl (C=O) groups is 1. The number of aliphatic hydroxyl groups is 4. The first-order valence-corrected chi connectivity index (χ1v) is 24.6. The minimum absolute atomic E-state index is 0.368. The zero-order chi connectivity index (χ0) is 40.3. The number of hydrogen-bond acceptors (Lipinski definition) is 5. The predicted octanol–water partition coefficient (Wildman–Crippen LogP) is 13.4. The minimum atomic E-state index is -1.28. The average Bonchev–Trinajstić information content (AvgIpc) is 3.19. The molecular weight excluding hydrogens is 683 g/mol. The third-order valence-electron chi connectivity index (χ3n) is 11.7. The fourth-order valence-corrected chi connectivity index (χ4v) is 7.82. The molecule has 6 heteroatoms. The van der Waals surface area contributed by atoms with Crippen molar-refractivity contribution in [1.29, 1.82) is 0 Å². The number of hydrogen-bond donors (Lipinski definition) is 5. The van der Waals surface area contributed by atoms with Crippen LogP contribution in [0.15, 0.2) is 12.2 Å². The van der Waals surface area contributed by atoms with E-state index >= 15 is 0 Å². The van der Waals surface area contributed by atoms with Gasteiger partial charge in [0, 0.05) is 0 Å². The number of rotatable bonds is 45. The number of nitrogens with one attached hydrogen (secondary N) is 1. The second kappa shape index (κ2) is 44.2. The largest absolute Gasteiger partial charge is 0.394 e. The first-order valence-electron chi connectivity index (χ1n) is 24.6. The van der Waals surface area contributed by atoms with Crippen LogP contribution in [0.5, 0.6) is 0 Å². The van der Waals surface area contributed by atoms with Crippen molar-refractivity contribution < 1.29 is 25.2 Å². The van der Waals surface area contributed by atoms with Crippen molar-refractivity contribution in [3.8, 4) is 0 Å². The van der Waals surface area contributed by atoms with Gasteiger partial charge in [0.2, 0.25) is 5.91 Å². The van der Waals surface area contributed by atoms with Gasteiger partial charge in [-0.15, -0.1) is 0 Å². The summed E-state index contributed by atoms with van der Waals surface area (Å²) in [6.45, 7) is 4.07. The van der Waals surface area contributed by atoms with E-state index in [0.717, 1.165) is 38.5 Å². The monoisotopic (exact) mass is 780 g/mol. The second-order valence-electron chi connectivity index (χ2n) is 17.2. The fourth-order valence-electron chi connectivity index (χ4n) is 7.82. The Bertz CT molecular complexity index is 791. The van der Waals surface area contributed by atoms with Gasteiger partial charge in [-0.2, -0.15) is 0 Å². The number of unbranched alkanes of at least 4 members (excludes halogenated alkanes) is 34. The summed E-state index contributed by atoms with van der Waals surface area (Å²) >= 11 is 0. The van der Waals surface area contributed by atoms with Crippen LogP contribution < -0.4 is 5.32 Å². The Hall–Kier alpha value is -0.950. The van der Waals surface area contributed by atoms with Crippen LogP contribution in [0.4, 0.5) is 0 Å². The van der Waals surface area contributed by atoms with Gasteiger partial charge in [-0.25, -0.2) is 0 Å². The average molecular weight is 780 g/mol. The summed E-state index contributed by atoms with van der Waals surface area (Å²) in [5.41, 5.74) is 0. The molecule has 0 radical (unpaired) electrons. The lowest BCUT2D eigenvalue weighted by Gasteiger charge is -2.27. The maximum atomic E-state index is 12.5. The van der Waals surface area contributed by atoms with Gasteiger partial charge in [0.05, 0.1) is 18.8 Å². The molecule has 0 aliphatic carbocycles. The summed E-state index contributed by atoms with van der Waals surface area (Å²) in [6.07, 6.45) is 49.7.